The summed E-state index contributed by atoms with van der Waals surface area (Å²) in [7, 11) is 0. The van der Waals surface area contributed by atoms with Crippen molar-refractivity contribution in [1.29, 1.82) is 0 Å². The van der Waals surface area contributed by atoms with Gasteiger partial charge in [-0.1, -0.05) is 0 Å². The molecular weight excluding hydrogens is 518 g/mol. The van der Waals surface area contributed by atoms with E-state index in [2.05, 4.69) is 4.90 Å². The summed E-state index contributed by atoms with van der Waals surface area (Å²) in [4.78, 5) is 28.0. The predicted octanol–water partition coefficient (Wildman–Crippen LogP) is 6.26. The molecule has 39 heavy (non-hydrogen) atoms. The third-order valence-corrected chi connectivity index (χ3v) is 6.58. The van der Waals surface area contributed by atoms with Gasteiger partial charge in [0.25, 0.3) is 0 Å². The van der Waals surface area contributed by atoms with Gasteiger partial charge in [0.1, 0.15) is 17.7 Å². The molecule has 0 aliphatic carbocycles. The monoisotopic (exact) mass is 559 g/mol. The Morgan fingerprint density at radius 3 is 2.13 bits per heavy atom. The number of hydrogen-bond donors (Lipinski definition) is 0. The highest BCUT2D eigenvalue weighted by Crippen LogP contribution is 2.33. The van der Waals surface area contributed by atoms with Crippen LogP contribution < -0.4 is 9.47 Å². The van der Waals surface area contributed by atoms with Crippen molar-refractivity contribution < 1.29 is 28.5 Å². The van der Waals surface area contributed by atoms with Gasteiger partial charge < -0.3 is 18.9 Å². The van der Waals surface area contributed by atoms with E-state index in [-0.39, 0.29) is 36.5 Å². The molecule has 2 aromatic carbocycles. The first-order valence-corrected chi connectivity index (χ1v) is 13.3. The van der Waals surface area contributed by atoms with E-state index in [4.69, 9.17) is 18.9 Å². The van der Waals surface area contributed by atoms with E-state index in [1.54, 1.807) is 19.1 Å². The Balaban J connectivity index is 0.00000533. The van der Waals surface area contributed by atoms with Crippen LogP contribution in [0.3, 0.4) is 0 Å². The van der Waals surface area contributed by atoms with Gasteiger partial charge >= 0.3 is 5.97 Å². The molecule has 0 spiro atoms. The van der Waals surface area contributed by atoms with E-state index < -0.39 is 0 Å². The maximum Gasteiger partial charge on any atom is 0.338 e. The summed E-state index contributed by atoms with van der Waals surface area (Å²) < 4.78 is 23.1. The number of rotatable bonds is 10. The van der Waals surface area contributed by atoms with Crippen molar-refractivity contribution in [3.05, 3.63) is 63.2 Å². The Bertz CT molecular complexity index is 1180. The van der Waals surface area contributed by atoms with Crippen LogP contribution in [0.1, 0.15) is 76.2 Å². The minimum atomic E-state index is -0.376. The van der Waals surface area contributed by atoms with Gasteiger partial charge in [-0.2, -0.15) is 0 Å². The first kappa shape index (κ1) is 32.3. The summed E-state index contributed by atoms with van der Waals surface area (Å²) in [6, 6.07) is 5.60. The maximum absolute atomic E-state index is 13.2. The summed E-state index contributed by atoms with van der Waals surface area (Å²) in [6.07, 6.45) is 3.12. The van der Waals surface area contributed by atoms with Gasteiger partial charge in [-0.25, -0.2) is 4.79 Å². The molecule has 0 saturated carbocycles. The van der Waals surface area contributed by atoms with Crippen LogP contribution >= 0.6 is 12.4 Å². The van der Waals surface area contributed by atoms with Crippen molar-refractivity contribution in [3.8, 4) is 11.5 Å². The fourth-order valence-corrected chi connectivity index (χ4v) is 4.76. The normalized spacial score (nSPS) is 14.7. The van der Waals surface area contributed by atoms with E-state index in [0.29, 0.717) is 42.3 Å². The van der Waals surface area contributed by atoms with E-state index >= 15 is 0 Å². The quantitative estimate of drug-likeness (QED) is 0.193. The lowest BCUT2D eigenvalue weighted by molar-refractivity contribution is -0.0377. The Kier molecular flexibility index (Phi) is 12.0. The molecule has 1 heterocycles. The third-order valence-electron chi connectivity index (χ3n) is 6.58. The van der Waals surface area contributed by atoms with Gasteiger partial charge in [0.2, 0.25) is 0 Å². The average Bonchev–Trinajstić information content (AvgIpc) is 2.86. The molecule has 0 radical (unpaired) electrons. The predicted molar refractivity (Wildman–Crippen MR) is 157 cm³/mol. The highest BCUT2D eigenvalue weighted by atomic mass is 35.5. The van der Waals surface area contributed by atoms with E-state index in [1.165, 1.54) is 0 Å². The van der Waals surface area contributed by atoms with Crippen molar-refractivity contribution in [2.24, 2.45) is 0 Å². The Morgan fingerprint density at radius 2 is 1.56 bits per heavy atom. The molecule has 7 nitrogen and oxygen atoms in total. The molecular formula is C31H42ClNO6. The van der Waals surface area contributed by atoms with Crippen molar-refractivity contribution in [3.63, 3.8) is 0 Å². The van der Waals surface area contributed by atoms with Gasteiger partial charge in [0.05, 0.1) is 31.5 Å². The van der Waals surface area contributed by atoms with E-state index in [9.17, 15) is 9.59 Å². The van der Waals surface area contributed by atoms with Crippen molar-refractivity contribution in [2.75, 3.05) is 32.9 Å². The number of halogens is 1. The molecule has 1 unspecified atom stereocenters. The van der Waals surface area contributed by atoms with Crippen LogP contribution in [0, 0.1) is 27.7 Å². The van der Waals surface area contributed by atoms with Gasteiger partial charge in [-0.15, -0.1) is 12.4 Å². The van der Waals surface area contributed by atoms with E-state index in [1.807, 2.05) is 66.7 Å². The van der Waals surface area contributed by atoms with Gasteiger partial charge in [-0.3, -0.25) is 9.69 Å². The lowest BCUT2D eigenvalue weighted by Gasteiger charge is -2.33. The fourth-order valence-electron chi connectivity index (χ4n) is 4.76. The highest BCUT2D eigenvalue weighted by Gasteiger charge is 2.22. The summed E-state index contributed by atoms with van der Waals surface area (Å²) >= 11 is 0. The van der Waals surface area contributed by atoms with Gasteiger partial charge in [0, 0.05) is 29.8 Å². The lowest BCUT2D eigenvalue weighted by atomic mass is 9.96. The minimum absolute atomic E-state index is 0. The molecule has 2 aromatic rings. The third kappa shape index (κ3) is 8.07. The summed E-state index contributed by atoms with van der Waals surface area (Å²) in [6.45, 7) is 18.7. The van der Waals surface area contributed by atoms with Crippen LogP contribution in [0.25, 0.3) is 6.08 Å². The molecule has 0 aromatic heterocycles. The smallest absolute Gasteiger partial charge is 0.338 e. The number of benzene rings is 2. The van der Waals surface area contributed by atoms with Crippen molar-refractivity contribution in [2.45, 2.75) is 67.7 Å². The Labute approximate surface area is 238 Å². The molecule has 0 N–H and O–H groups in total. The largest absolute Gasteiger partial charge is 0.490 e. The highest BCUT2D eigenvalue weighted by molar-refractivity contribution is 6.07. The van der Waals surface area contributed by atoms with Crippen LogP contribution in [0.15, 0.2) is 24.3 Å². The van der Waals surface area contributed by atoms with Crippen LogP contribution in [0.4, 0.5) is 0 Å². The molecule has 3 rings (SSSR count). The lowest BCUT2D eigenvalue weighted by Crippen LogP contribution is -2.44. The summed E-state index contributed by atoms with van der Waals surface area (Å²) in [5, 5.41) is 0. The number of aryl methyl sites for hydroxylation is 3. The minimum Gasteiger partial charge on any atom is -0.490 e. The van der Waals surface area contributed by atoms with Crippen LogP contribution in [-0.2, 0) is 9.47 Å². The molecule has 1 fully saturated rings. The molecule has 1 aliphatic rings. The van der Waals surface area contributed by atoms with Crippen LogP contribution in [0.2, 0.25) is 0 Å². The van der Waals surface area contributed by atoms with Crippen LogP contribution in [0.5, 0.6) is 11.5 Å². The second-order valence-corrected chi connectivity index (χ2v) is 10.0. The molecule has 0 bridgehead atoms. The van der Waals surface area contributed by atoms with Gasteiger partial charge in [0.15, 0.2) is 5.78 Å². The number of carbonyl (C=O) groups excluding carboxylic acids is 2. The number of allylic oxidation sites excluding steroid dienone is 1. The molecule has 8 heteroatoms. The Hall–Kier alpha value is -2.87. The fraction of sp³-hybridized carbons (Fsp3) is 0.484. The van der Waals surface area contributed by atoms with Crippen molar-refractivity contribution >= 4 is 30.2 Å². The molecule has 214 valence electrons. The van der Waals surface area contributed by atoms with E-state index in [0.717, 1.165) is 41.1 Å². The van der Waals surface area contributed by atoms with Gasteiger partial charge in [-0.05, 0) is 102 Å². The van der Waals surface area contributed by atoms with Crippen LogP contribution in [-0.4, -0.2) is 61.9 Å². The standard InChI is InChI=1S/C31H41NO6.ClH/c1-9-36-31(34)28-20(4)16-25(30(23(28)7)37-19(2)3)10-11-27(33)26-17-21(5)29(22(6)18-26)38-24(8)32-12-14-35-15-13-32;/h10-11,16-19,24H,9,12-15H2,1-8H3;1H. The number of morpholine rings is 1. The zero-order valence-corrected chi connectivity index (χ0v) is 25.2. The first-order chi connectivity index (χ1) is 18.0. The number of carbonyl (C=O) groups is 2. The second kappa shape index (κ2) is 14.5. The number of hydrogen-bond acceptors (Lipinski definition) is 7. The van der Waals surface area contributed by atoms with Crippen molar-refractivity contribution in [1.82, 2.24) is 4.90 Å². The molecule has 1 saturated heterocycles. The second-order valence-electron chi connectivity index (χ2n) is 10.0. The summed E-state index contributed by atoms with van der Waals surface area (Å²) in [5.41, 5.74) is 5.12. The average molecular weight is 560 g/mol. The maximum atomic E-state index is 13.2. The molecule has 0 amide bonds. The Morgan fingerprint density at radius 1 is 0.949 bits per heavy atom. The first-order valence-electron chi connectivity index (χ1n) is 13.3. The number of ether oxygens (including phenoxy) is 4. The topological polar surface area (TPSA) is 74.3 Å². The SMILES string of the molecule is CCOC(=O)c1c(C)cc(C=CC(=O)c2cc(C)c(OC(C)N3CCOCC3)c(C)c2)c(OC(C)C)c1C.Cl. The number of ketones is 1. The number of nitrogens with zero attached hydrogens (tertiary/aromatic N) is 1. The summed E-state index contributed by atoms with van der Waals surface area (Å²) in [5.74, 6) is 0.881. The number of esters is 1. The molecule has 1 aliphatic heterocycles. The molecule has 1 atom stereocenters. The zero-order chi connectivity index (χ0) is 28.0. The zero-order valence-electron chi connectivity index (χ0n) is 24.4.